The lowest BCUT2D eigenvalue weighted by atomic mass is 10.2. The number of anilines is 2. The van der Waals surface area contributed by atoms with Crippen LogP contribution in [0.1, 0.15) is 34.6 Å². The highest BCUT2D eigenvalue weighted by Crippen LogP contribution is 2.30. The van der Waals surface area contributed by atoms with Crippen molar-refractivity contribution in [2.45, 2.75) is 23.6 Å². The third-order valence-corrected chi connectivity index (χ3v) is 7.87. The summed E-state index contributed by atoms with van der Waals surface area (Å²) >= 11 is 6.93. The van der Waals surface area contributed by atoms with E-state index in [0.717, 1.165) is 14.7 Å². The molecule has 0 fully saturated rings. The quantitative estimate of drug-likeness (QED) is 0.159. The smallest absolute Gasteiger partial charge is 0.339 e. The van der Waals surface area contributed by atoms with E-state index in [0.29, 0.717) is 44.2 Å². The summed E-state index contributed by atoms with van der Waals surface area (Å²) in [6.45, 7) is 4.21. The minimum Gasteiger partial charge on any atom is -0.462 e. The fourth-order valence-corrected chi connectivity index (χ4v) is 5.50. The molecule has 0 aliphatic rings. The molecule has 8 nitrogen and oxygen atoms in total. The molecule has 0 aromatic heterocycles. The van der Waals surface area contributed by atoms with Gasteiger partial charge in [0.1, 0.15) is 0 Å². The summed E-state index contributed by atoms with van der Waals surface area (Å²) in [4.78, 5) is 24.9. The Balaban J connectivity index is 0.000000350. The van der Waals surface area contributed by atoms with Gasteiger partial charge in [-0.05, 0) is 95.8 Å². The van der Waals surface area contributed by atoms with Crippen molar-refractivity contribution in [2.24, 2.45) is 0 Å². The van der Waals surface area contributed by atoms with Gasteiger partial charge in [-0.15, -0.1) is 23.5 Å². The van der Waals surface area contributed by atoms with Gasteiger partial charge in [0.25, 0.3) is 0 Å². The van der Waals surface area contributed by atoms with Gasteiger partial charge >= 0.3 is 11.9 Å². The molecule has 2 rings (SSSR count). The van der Waals surface area contributed by atoms with Crippen LogP contribution in [0.15, 0.2) is 34.1 Å². The average molecular weight is 752 g/mol. The number of ether oxygens (including phenoxy) is 2. The zero-order valence-corrected chi connectivity index (χ0v) is 26.0. The van der Waals surface area contributed by atoms with Crippen LogP contribution in [0.3, 0.4) is 0 Å². The normalized spacial score (nSPS) is 10.7. The molecule has 0 unspecified atom stereocenters. The second-order valence-electron chi connectivity index (χ2n) is 6.42. The molecule has 0 aliphatic carbocycles. The Bertz CT molecular complexity index is 1140. The van der Waals surface area contributed by atoms with Gasteiger partial charge in [0.2, 0.25) is 10.0 Å². The Morgan fingerprint density at radius 3 is 1.76 bits per heavy atom. The zero-order chi connectivity index (χ0) is 26.1. The van der Waals surface area contributed by atoms with Gasteiger partial charge in [-0.3, -0.25) is 4.72 Å². The molecule has 2 aromatic carbocycles. The molecule has 0 atom stereocenters. The van der Waals surface area contributed by atoms with E-state index in [2.05, 4.69) is 27.3 Å². The number of hydrogen-bond donors (Lipinski definition) is 2. The van der Waals surface area contributed by atoms with Crippen LogP contribution in [0.5, 0.6) is 0 Å². The predicted octanol–water partition coefficient (Wildman–Crippen LogP) is 5.33. The van der Waals surface area contributed by atoms with E-state index in [-0.39, 0.29) is 5.97 Å². The first-order chi connectivity index (χ1) is 15.9. The van der Waals surface area contributed by atoms with Crippen molar-refractivity contribution in [3.05, 3.63) is 42.5 Å². The molecule has 0 saturated heterocycles. The SMILES string of the molecule is CCOC(=O)c1cc(I)c(N)cc1SC.CCOC(=O)c1cc(I)c(NS(C)(=O)=O)cc1SC. The molecular formula is C21H26I2N2O6S3. The van der Waals surface area contributed by atoms with Crippen LogP contribution in [-0.4, -0.2) is 52.3 Å². The van der Waals surface area contributed by atoms with Gasteiger partial charge in [0.15, 0.2) is 0 Å². The van der Waals surface area contributed by atoms with E-state index in [1.54, 1.807) is 38.1 Å². The first kappa shape index (κ1) is 31.1. The number of nitrogens with one attached hydrogen (secondary N) is 1. The second-order valence-corrected chi connectivity index (χ2v) is 12.2. The number of rotatable bonds is 8. The molecule has 13 heteroatoms. The monoisotopic (exact) mass is 752 g/mol. The van der Waals surface area contributed by atoms with Crippen molar-refractivity contribution in [3.8, 4) is 0 Å². The van der Waals surface area contributed by atoms with E-state index in [1.165, 1.54) is 23.5 Å². The summed E-state index contributed by atoms with van der Waals surface area (Å²) in [5.41, 5.74) is 7.94. The number of esters is 2. The number of nitrogens with two attached hydrogens (primary N) is 1. The number of benzene rings is 2. The number of hydrogen-bond acceptors (Lipinski definition) is 9. The highest BCUT2D eigenvalue weighted by molar-refractivity contribution is 14.1. The van der Waals surface area contributed by atoms with Crippen molar-refractivity contribution in [1.29, 1.82) is 0 Å². The van der Waals surface area contributed by atoms with E-state index in [1.807, 2.05) is 35.1 Å². The lowest BCUT2D eigenvalue weighted by Crippen LogP contribution is -2.12. The molecule has 0 aliphatic heterocycles. The highest BCUT2D eigenvalue weighted by Gasteiger charge is 2.17. The summed E-state index contributed by atoms with van der Waals surface area (Å²) in [7, 11) is -3.35. The Morgan fingerprint density at radius 2 is 1.35 bits per heavy atom. The summed E-state index contributed by atoms with van der Waals surface area (Å²) in [6, 6.07) is 6.83. The lowest BCUT2D eigenvalue weighted by Gasteiger charge is -2.12. The van der Waals surface area contributed by atoms with Crippen molar-refractivity contribution in [2.75, 3.05) is 42.4 Å². The van der Waals surface area contributed by atoms with Crippen LogP contribution >= 0.6 is 68.7 Å². The lowest BCUT2D eigenvalue weighted by molar-refractivity contribution is 0.0512. The van der Waals surface area contributed by atoms with Gasteiger partial charge in [-0.2, -0.15) is 0 Å². The first-order valence-electron chi connectivity index (χ1n) is 9.70. The Labute approximate surface area is 236 Å². The summed E-state index contributed by atoms with van der Waals surface area (Å²) in [6.07, 6.45) is 4.81. The van der Waals surface area contributed by atoms with E-state index >= 15 is 0 Å². The maximum Gasteiger partial charge on any atom is 0.339 e. The van der Waals surface area contributed by atoms with Gasteiger partial charge in [-0.25, -0.2) is 18.0 Å². The van der Waals surface area contributed by atoms with Gasteiger partial charge in [0.05, 0.1) is 36.3 Å². The largest absolute Gasteiger partial charge is 0.462 e. The minimum absolute atomic E-state index is 0.292. The number of halogens is 2. The maximum atomic E-state index is 11.8. The summed E-state index contributed by atoms with van der Waals surface area (Å²) < 4.78 is 36.4. The highest BCUT2D eigenvalue weighted by atomic mass is 127. The summed E-state index contributed by atoms with van der Waals surface area (Å²) in [5, 5.41) is 0. The number of carbonyl (C=O) groups is 2. The van der Waals surface area contributed by atoms with Crippen molar-refractivity contribution in [1.82, 2.24) is 0 Å². The molecule has 3 N–H and O–H groups in total. The third kappa shape index (κ3) is 9.62. The Morgan fingerprint density at radius 1 is 0.912 bits per heavy atom. The van der Waals surface area contributed by atoms with Crippen LogP contribution in [0.4, 0.5) is 11.4 Å². The number of nitrogen functional groups attached to an aromatic ring is 1. The van der Waals surface area contributed by atoms with Crippen LogP contribution in [-0.2, 0) is 19.5 Å². The van der Waals surface area contributed by atoms with Gasteiger partial charge in [-0.1, -0.05) is 0 Å². The first-order valence-corrected chi connectivity index (χ1v) is 16.2. The summed E-state index contributed by atoms with van der Waals surface area (Å²) in [5.74, 6) is -0.699. The average Bonchev–Trinajstić information content (AvgIpc) is 2.76. The van der Waals surface area contributed by atoms with Crippen LogP contribution in [0, 0.1) is 7.14 Å². The number of carbonyl (C=O) groups excluding carboxylic acids is 2. The fraction of sp³-hybridized carbons (Fsp3) is 0.333. The van der Waals surface area contributed by atoms with Crippen LogP contribution < -0.4 is 10.5 Å². The van der Waals surface area contributed by atoms with Gasteiger partial charge < -0.3 is 15.2 Å². The maximum absolute atomic E-state index is 11.8. The number of thioether (sulfide) groups is 2. The third-order valence-electron chi connectivity index (χ3n) is 3.89. The van der Waals surface area contributed by atoms with Crippen LogP contribution in [0.2, 0.25) is 0 Å². The fourth-order valence-electron chi connectivity index (χ4n) is 2.47. The topological polar surface area (TPSA) is 125 Å². The molecule has 0 amide bonds. The van der Waals surface area contributed by atoms with Crippen molar-refractivity contribution in [3.63, 3.8) is 0 Å². The molecule has 2 aromatic rings. The molecule has 188 valence electrons. The van der Waals surface area contributed by atoms with E-state index < -0.39 is 16.0 Å². The Kier molecular flexibility index (Phi) is 13.4. The molecule has 34 heavy (non-hydrogen) atoms. The zero-order valence-electron chi connectivity index (χ0n) is 19.2. The molecule has 0 saturated carbocycles. The molecule has 0 radical (unpaired) electrons. The van der Waals surface area contributed by atoms with Crippen molar-refractivity contribution >= 4 is 102 Å². The van der Waals surface area contributed by atoms with E-state index in [9.17, 15) is 18.0 Å². The Hall–Kier alpha value is -0.910. The molecular weight excluding hydrogens is 726 g/mol. The minimum atomic E-state index is -3.35. The molecule has 0 bridgehead atoms. The van der Waals surface area contributed by atoms with Crippen LogP contribution in [0.25, 0.3) is 0 Å². The standard InChI is InChI=1S/C11H14INO4S2.C10H12INO2S/c1-4-17-11(14)7-5-8(12)9(6-10(7)18-2)13-19(3,15)16;1-3-14-10(13)6-4-7(11)8(12)5-9(6)15-2/h5-6,13H,4H2,1-3H3;4-5H,3,12H2,1-2H3. The van der Waals surface area contributed by atoms with E-state index in [4.69, 9.17) is 15.2 Å². The second kappa shape index (κ2) is 14.6. The van der Waals surface area contributed by atoms with Crippen molar-refractivity contribution < 1.29 is 27.5 Å². The molecule has 0 heterocycles. The van der Waals surface area contributed by atoms with Gasteiger partial charge in [0, 0.05) is 22.6 Å². The molecule has 0 spiro atoms. The number of sulfonamides is 1. The predicted molar refractivity (Wildman–Crippen MR) is 157 cm³/mol.